The van der Waals surface area contributed by atoms with Crippen LogP contribution in [-0.4, -0.2) is 59.3 Å². The van der Waals surface area contributed by atoms with Crippen LogP contribution in [0, 0.1) is 11.3 Å². The van der Waals surface area contributed by atoms with Gasteiger partial charge in [-0.2, -0.15) is 5.26 Å². The molecular weight excluding hydrogens is 306 g/mol. The second-order valence-corrected chi connectivity index (χ2v) is 5.94. The Morgan fingerprint density at radius 1 is 1.29 bits per heavy atom. The molecule has 0 unspecified atom stereocenters. The monoisotopic (exact) mass is 327 g/mol. The lowest BCUT2D eigenvalue weighted by Crippen LogP contribution is -2.27. The van der Waals surface area contributed by atoms with E-state index in [4.69, 9.17) is 14.7 Å². The second kappa shape index (κ2) is 7.43. The highest BCUT2D eigenvalue weighted by molar-refractivity contribution is 5.34. The zero-order valence-electron chi connectivity index (χ0n) is 13.9. The molecule has 7 heteroatoms. The van der Waals surface area contributed by atoms with Gasteiger partial charge in [0.05, 0.1) is 23.4 Å². The summed E-state index contributed by atoms with van der Waals surface area (Å²) in [6.07, 6.45) is 2.07. The maximum Gasteiger partial charge on any atom is 0.119 e. The molecule has 0 amide bonds. The molecular formula is C17H21N5O2. The van der Waals surface area contributed by atoms with Crippen molar-refractivity contribution in [2.24, 2.45) is 7.05 Å². The van der Waals surface area contributed by atoms with Crippen molar-refractivity contribution >= 4 is 0 Å². The molecule has 0 bridgehead atoms. The maximum absolute atomic E-state index is 8.80. The Bertz CT molecular complexity index is 707. The van der Waals surface area contributed by atoms with E-state index in [1.54, 1.807) is 23.9 Å². The third-order valence-corrected chi connectivity index (χ3v) is 4.30. The number of ether oxygens (including phenoxy) is 2. The highest BCUT2D eigenvalue weighted by Gasteiger charge is 2.35. The third-order valence-electron chi connectivity index (χ3n) is 4.30. The molecule has 24 heavy (non-hydrogen) atoms. The molecule has 2 heterocycles. The molecule has 1 aromatic carbocycles. The Labute approximate surface area is 141 Å². The molecule has 7 nitrogen and oxygen atoms in total. The van der Waals surface area contributed by atoms with Crippen LogP contribution in [-0.2, 0) is 11.8 Å². The number of aromatic nitrogens is 3. The predicted molar refractivity (Wildman–Crippen MR) is 87.6 cm³/mol. The van der Waals surface area contributed by atoms with Crippen LogP contribution in [0.3, 0.4) is 0 Å². The maximum atomic E-state index is 8.80. The van der Waals surface area contributed by atoms with E-state index < -0.39 is 0 Å². The predicted octanol–water partition coefficient (Wildman–Crippen LogP) is 1.18. The number of nitriles is 1. The lowest BCUT2D eigenvalue weighted by Gasteiger charge is -2.15. The molecule has 0 N–H and O–H groups in total. The molecule has 3 rings (SSSR count). The van der Waals surface area contributed by atoms with Gasteiger partial charge in [0, 0.05) is 45.9 Å². The molecule has 1 fully saturated rings. The average molecular weight is 327 g/mol. The van der Waals surface area contributed by atoms with E-state index in [0.717, 1.165) is 31.1 Å². The summed E-state index contributed by atoms with van der Waals surface area (Å²) < 4.78 is 13.1. The Kier molecular flexibility index (Phi) is 5.08. The molecule has 1 aromatic heterocycles. The Balaban J connectivity index is 1.51. The number of rotatable bonds is 6. The fourth-order valence-electron chi connectivity index (χ4n) is 3.01. The van der Waals surface area contributed by atoms with Gasteiger partial charge >= 0.3 is 0 Å². The lowest BCUT2D eigenvalue weighted by atomic mass is 10.0. The van der Waals surface area contributed by atoms with E-state index in [0.29, 0.717) is 12.2 Å². The molecule has 2 aromatic rings. The first-order valence-electron chi connectivity index (χ1n) is 7.94. The fourth-order valence-corrected chi connectivity index (χ4v) is 3.01. The van der Waals surface area contributed by atoms with E-state index in [-0.39, 0.29) is 12.0 Å². The van der Waals surface area contributed by atoms with Gasteiger partial charge in [0.25, 0.3) is 0 Å². The first kappa shape index (κ1) is 16.4. The van der Waals surface area contributed by atoms with Crippen molar-refractivity contribution in [3.63, 3.8) is 0 Å². The van der Waals surface area contributed by atoms with Crippen LogP contribution in [0.4, 0.5) is 0 Å². The van der Waals surface area contributed by atoms with Gasteiger partial charge in [-0.3, -0.25) is 9.58 Å². The van der Waals surface area contributed by atoms with Gasteiger partial charge < -0.3 is 9.47 Å². The fraction of sp³-hybridized carbons (Fsp3) is 0.471. The van der Waals surface area contributed by atoms with Crippen molar-refractivity contribution in [2.45, 2.75) is 12.0 Å². The SMILES string of the molecule is CO[C@@H]1CN(CCOc2ccc(C#N)cc2)C[C@H]1c1cn(C)nn1. The summed E-state index contributed by atoms with van der Waals surface area (Å²) in [4.78, 5) is 2.32. The van der Waals surface area contributed by atoms with Crippen molar-refractivity contribution in [2.75, 3.05) is 33.4 Å². The van der Waals surface area contributed by atoms with Crippen LogP contribution in [0.1, 0.15) is 17.2 Å². The quantitative estimate of drug-likeness (QED) is 0.793. The van der Waals surface area contributed by atoms with Gasteiger partial charge in [-0.05, 0) is 24.3 Å². The van der Waals surface area contributed by atoms with Crippen molar-refractivity contribution in [1.82, 2.24) is 19.9 Å². The molecule has 1 saturated heterocycles. The van der Waals surface area contributed by atoms with Gasteiger partial charge in [-0.15, -0.1) is 5.10 Å². The summed E-state index contributed by atoms with van der Waals surface area (Å²) in [7, 11) is 3.61. The smallest absolute Gasteiger partial charge is 0.119 e. The van der Waals surface area contributed by atoms with Crippen LogP contribution in [0.25, 0.3) is 0 Å². The molecule has 1 aliphatic rings. The number of methoxy groups -OCH3 is 1. The number of nitrogens with zero attached hydrogens (tertiary/aromatic N) is 5. The van der Waals surface area contributed by atoms with Gasteiger partial charge in [0.15, 0.2) is 0 Å². The molecule has 0 aliphatic carbocycles. The Morgan fingerprint density at radius 2 is 2.08 bits per heavy atom. The van der Waals surface area contributed by atoms with E-state index in [1.807, 2.05) is 25.4 Å². The summed E-state index contributed by atoms with van der Waals surface area (Å²) in [5.74, 6) is 1.01. The number of aryl methyl sites for hydroxylation is 1. The summed E-state index contributed by atoms with van der Waals surface area (Å²) in [6, 6.07) is 9.26. The first-order chi connectivity index (χ1) is 11.7. The van der Waals surface area contributed by atoms with E-state index in [1.165, 1.54) is 0 Å². The van der Waals surface area contributed by atoms with Crippen LogP contribution in [0.5, 0.6) is 5.75 Å². The minimum absolute atomic E-state index is 0.122. The number of likely N-dealkylation sites (tertiary alicyclic amines) is 1. The van der Waals surface area contributed by atoms with Crippen molar-refractivity contribution in [3.8, 4) is 11.8 Å². The topological polar surface area (TPSA) is 76.2 Å². The zero-order valence-corrected chi connectivity index (χ0v) is 13.9. The third kappa shape index (κ3) is 3.72. The second-order valence-electron chi connectivity index (χ2n) is 5.94. The number of hydrogen-bond donors (Lipinski definition) is 0. The summed E-state index contributed by atoms with van der Waals surface area (Å²) in [6.45, 7) is 3.15. The van der Waals surface area contributed by atoms with Crippen molar-refractivity contribution < 1.29 is 9.47 Å². The molecule has 1 aliphatic heterocycles. The van der Waals surface area contributed by atoms with Gasteiger partial charge in [-0.25, -0.2) is 0 Å². The normalized spacial score (nSPS) is 20.9. The van der Waals surface area contributed by atoms with Gasteiger partial charge in [0.1, 0.15) is 12.4 Å². The van der Waals surface area contributed by atoms with Crippen LogP contribution >= 0.6 is 0 Å². The van der Waals surface area contributed by atoms with Crippen molar-refractivity contribution in [3.05, 3.63) is 41.7 Å². The van der Waals surface area contributed by atoms with Gasteiger partial charge in [-0.1, -0.05) is 5.21 Å². The van der Waals surface area contributed by atoms with Crippen LogP contribution in [0.15, 0.2) is 30.5 Å². The standard InChI is InChI=1S/C17H21N5O2/c1-21-11-16(19-20-21)15-10-22(12-17(15)23-2)7-8-24-14-5-3-13(9-18)4-6-14/h3-6,11,15,17H,7-8,10,12H2,1-2H3/t15-,17+/m0/s1. The van der Waals surface area contributed by atoms with E-state index in [2.05, 4.69) is 21.3 Å². The summed E-state index contributed by atoms with van der Waals surface area (Å²) in [5.41, 5.74) is 1.61. The Hall–Kier alpha value is -2.43. The van der Waals surface area contributed by atoms with E-state index >= 15 is 0 Å². The zero-order chi connectivity index (χ0) is 16.9. The molecule has 0 spiro atoms. The average Bonchev–Trinajstić information content (AvgIpc) is 3.21. The molecule has 0 radical (unpaired) electrons. The summed E-state index contributed by atoms with van der Waals surface area (Å²) >= 11 is 0. The minimum atomic E-state index is 0.122. The largest absolute Gasteiger partial charge is 0.492 e. The molecule has 0 saturated carbocycles. The van der Waals surface area contributed by atoms with Crippen LogP contribution in [0.2, 0.25) is 0 Å². The van der Waals surface area contributed by atoms with Gasteiger partial charge in [0.2, 0.25) is 0 Å². The highest BCUT2D eigenvalue weighted by Crippen LogP contribution is 2.27. The number of hydrogen-bond acceptors (Lipinski definition) is 6. The minimum Gasteiger partial charge on any atom is -0.492 e. The Morgan fingerprint density at radius 3 is 2.71 bits per heavy atom. The number of benzene rings is 1. The van der Waals surface area contributed by atoms with Crippen molar-refractivity contribution in [1.29, 1.82) is 5.26 Å². The molecule has 126 valence electrons. The van der Waals surface area contributed by atoms with E-state index in [9.17, 15) is 0 Å². The summed E-state index contributed by atoms with van der Waals surface area (Å²) in [5, 5.41) is 17.0. The molecule has 2 atom stereocenters. The highest BCUT2D eigenvalue weighted by atomic mass is 16.5. The first-order valence-corrected chi connectivity index (χ1v) is 7.94. The van der Waals surface area contributed by atoms with Crippen LogP contribution < -0.4 is 4.74 Å². The lowest BCUT2D eigenvalue weighted by molar-refractivity contribution is 0.0948.